The number of rotatable bonds is 5. The number of piperazine rings is 1. The van der Waals surface area contributed by atoms with Crippen LogP contribution in [0.2, 0.25) is 0 Å². The van der Waals surface area contributed by atoms with Gasteiger partial charge in [-0.2, -0.15) is 18.4 Å². The van der Waals surface area contributed by atoms with Gasteiger partial charge >= 0.3 is 6.18 Å². The third kappa shape index (κ3) is 4.66. The summed E-state index contributed by atoms with van der Waals surface area (Å²) in [5.41, 5.74) is -0.771. The standard InChI is InChI=1S/C22H21F3N4O3S/c23-22(24,25)18-3-1-2-4-19(18)33(31,32)10-9-21(30)28-13-16-6-7-17(14-28)29(16)20-8-5-15(11-26)12-27-20/h1-5,8,12,16-17H,6-7,9-10,13-14H2. The number of sulfone groups is 1. The van der Waals surface area contributed by atoms with E-state index < -0.39 is 38.1 Å². The Kier molecular flexibility index (Phi) is 6.05. The Morgan fingerprint density at radius 2 is 1.79 bits per heavy atom. The van der Waals surface area contributed by atoms with Gasteiger partial charge in [-0.25, -0.2) is 13.4 Å². The maximum Gasteiger partial charge on any atom is 0.417 e. The second kappa shape index (κ2) is 8.67. The monoisotopic (exact) mass is 478 g/mol. The molecule has 2 aromatic rings. The summed E-state index contributed by atoms with van der Waals surface area (Å²) in [4.78, 5) is 20.0. The molecule has 0 aliphatic carbocycles. The molecule has 2 saturated heterocycles. The average molecular weight is 478 g/mol. The maximum absolute atomic E-state index is 13.2. The van der Waals surface area contributed by atoms with Gasteiger partial charge < -0.3 is 9.80 Å². The molecule has 2 aliphatic rings. The lowest BCUT2D eigenvalue weighted by Gasteiger charge is -2.41. The molecule has 0 spiro atoms. The lowest BCUT2D eigenvalue weighted by atomic mass is 10.1. The Bertz CT molecular complexity index is 1180. The summed E-state index contributed by atoms with van der Waals surface area (Å²) in [7, 11) is -4.29. The van der Waals surface area contributed by atoms with Gasteiger partial charge in [0.05, 0.1) is 21.8 Å². The number of fused-ring (bicyclic) bond motifs is 2. The van der Waals surface area contributed by atoms with Crippen molar-refractivity contribution in [3.05, 3.63) is 53.7 Å². The van der Waals surface area contributed by atoms with E-state index in [2.05, 4.69) is 9.88 Å². The molecule has 0 saturated carbocycles. The number of aromatic nitrogens is 1. The second-order valence-corrected chi connectivity index (χ2v) is 10.2. The molecule has 0 N–H and O–H groups in total. The van der Waals surface area contributed by atoms with Gasteiger partial charge in [0.25, 0.3) is 0 Å². The first kappa shape index (κ1) is 23.0. The van der Waals surface area contributed by atoms with Crippen LogP contribution in [-0.4, -0.2) is 55.1 Å². The maximum atomic E-state index is 13.2. The molecule has 3 heterocycles. The molecular formula is C22H21F3N4O3S. The number of anilines is 1. The van der Waals surface area contributed by atoms with Crippen molar-refractivity contribution < 1.29 is 26.4 Å². The van der Waals surface area contributed by atoms with E-state index in [4.69, 9.17) is 5.26 Å². The second-order valence-electron chi connectivity index (χ2n) is 8.17. The molecule has 1 aromatic heterocycles. The van der Waals surface area contributed by atoms with Crippen LogP contribution in [0.4, 0.5) is 19.0 Å². The molecule has 7 nitrogen and oxygen atoms in total. The smallest absolute Gasteiger partial charge is 0.347 e. The highest BCUT2D eigenvalue weighted by atomic mass is 32.2. The van der Waals surface area contributed by atoms with Gasteiger partial charge in [0, 0.05) is 37.8 Å². The summed E-state index contributed by atoms with van der Waals surface area (Å²) in [6.45, 7) is 0.770. The van der Waals surface area contributed by atoms with E-state index in [1.54, 1.807) is 17.0 Å². The SMILES string of the molecule is N#Cc1ccc(N2C3CCC2CN(C(=O)CCS(=O)(=O)c2ccccc2C(F)(F)F)C3)nc1. The van der Waals surface area contributed by atoms with E-state index in [0.717, 1.165) is 36.9 Å². The fourth-order valence-electron chi connectivity index (χ4n) is 4.55. The van der Waals surface area contributed by atoms with E-state index in [9.17, 15) is 26.4 Å². The number of alkyl halides is 3. The number of hydrogen-bond donors (Lipinski definition) is 0. The summed E-state index contributed by atoms with van der Waals surface area (Å²) >= 11 is 0. The fraction of sp³-hybridized carbons (Fsp3) is 0.409. The first-order chi connectivity index (χ1) is 15.6. The molecule has 11 heteroatoms. The van der Waals surface area contributed by atoms with Crippen LogP contribution in [0.5, 0.6) is 0 Å². The first-order valence-corrected chi connectivity index (χ1v) is 12.1. The average Bonchev–Trinajstić information content (AvgIpc) is 3.06. The molecule has 2 unspecified atom stereocenters. The Morgan fingerprint density at radius 1 is 1.12 bits per heavy atom. The van der Waals surface area contributed by atoms with E-state index in [0.29, 0.717) is 18.7 Å². The number of likely N-dealkylation sites (tertiary alicyclic amines) is 1. The molecule has 174 valence electrons. The van der Waals surface area contributed by atoms with Gasteiger partial charge in [-0.3, -0.25) is 4.79 Å². The topological polar surface area (TPSA) is 94.4 Å². The highest BCUT2D eigenvalue weighted by Gasteiger charge is 2.42. The Morgan fingerprint density at radius 3 is 2.36 bits per heavy atom. The number of amides is 1. The zero-order valence-corrected chi connectivity index (χ0v) is 18.3. The lowest BCUT2D eigenvalue weighted by Crippen LogP contribution is -2.55. The first-order valence-electron chi connectivity index (χ1n) is 10.4. The van der Waals surface area contributed by atoms with Gasteiger partial charge in [0.15, 0.2) is 9.84 Å². The minimum absolute atomic E-state index is 0.00991. The van der Waals surface area contributed by atoms with Crippen LogP contribution < -0.4 is 4.90 Å². The van der Waals surface area contributed by atoms with Gasteiger partial charge in [0.2, 0.25) is 5.91 Å². The summed E-state index contributed by atoms with van der Waals surface area (Å²) in [6, 6.07) is 9.51. The predicted molar refractivity (Wildman–Crippen MR) is 113 cm³/mol. The van der Waals surface area contributed by atoms with Gasteiger partial charge in [-0.1, -0.05) is 12.1 Å². The highest BCUT2D eigenvalue weighted by Crippen LogP contribution is 2.36. The van der Waals surface area contributed by atoms with Crippen LogP contribution >= 0.6 is 0 Å². The third-order valence-electron chi connectivity index (χ3n) is 6.09. The van der Waals surface area contributed by atoms with Crippen molar-refractivity contribution in [2.75, 3.05) is 23.7 Å². The van der Waals surface area contributed by atoms with Crippen molar-refractivity contribution in [3.63, 3.8) is 0 Å². The summed E-state index contributed by atoms with van der Waals surface area (Å²) in [5, 5.41) is 8.94. The van der Waals surface area contributed by atoms with Crippen molar-refractivity contribution in [3.8, 4) is 6.07 Å². The number of nitriles is 1. The molecule has 1 amide bonds. The largest absolute Gasteiger partial charge is 0.417 e. The number of nitrogens with zero attached hydrogens (tertiary/aromatic N) is 4. The minimum atomic E-state index is -4.80. The molecule has 2 aliphatic heterocycles. The zero-order chi connectivity index (χ0) is 23.8. The van der Waals surface area contributed by atoms with Crippen LogP contribution in [0, 0.1) is 11.3 Å². The molecule has 2 atom stereocenters. The van der Waals surface area contributed by atoms with Crippen molar-refractivity contribution in [2.45, 2.75) is 42.4 Å². The quantitative estimate of drug-likeness (QED) is 0.656. The van der Waals surface area contributed by atoms with Crippen LogP contribution in [0.25, 0.3) is 0 Å². The fourth-order valence-corrected chi connectivity index (χ4v) is 6.02. The van der Waals surface area contributed by atoms with Crippen LogP contribution in [0.3, 0.4) is 0 Å². The Labute approximate surface area is 189 Å². The number of hydrogen-bond acceptors (Lipinski definition) is 6. The van der Waals surface area contributed by atoms with Crippen molar-refractivity contribution in [1.29, 1.82) is 5.26 Å². The molecule has 2 bridgehead atoms. The van der Waals surface area contributed by atoms with Crippen molar-refractivity contribution in [1.82, 2.24) is 9.88 Å². The third-order valence-corrected chi connectivity index (χ3v) is 7.86. The summed E-state index contributed by atoms with van der Waals surface area (Å²) in [6.07, 6.45) is -2.01. The zero-order valence-electron chi connectivity index (χ0n) is 17.5. The number of carbonyl (C=O) groups excluding carboxylic acids is 1. The number of pyridine rings is 1. The van der Waals surface area contributed by atoms with E-state index in [1.165, 1.54) is 12.3 Å². The highest BCUT2D eigenvalue weighted by molar-refractivity contribution is 7.91. The van der Waals surface area contributed by atoms with Gasteiger partial charge in [0.1, 0.15) is 11.9 Å². The van der Waals surface area contributed by atoms with Crippen LogP contribution in [0.1, 0.15) is 30.4 Å². The van der Waals surface area contributed by atoms with E-state index in [-0.39, 0.29) is 18.5 Å². The van der Waals surface area contributed by atoms with E-state index >= 15 is 0 Å². The molecule has 1 aromatic carbocycles. The summed E-state index contributed by atoms with van der Waals surface area (Å²) in [5.74, 6) is -0.363. The Balaban J connectivity index is 1.42. The molecule has 0 radical (unpaired) electrons. The molecule has 2 fully saturated rings. The van der Waals surface area contributed by atoms with Crippen LogP contribution in [0.15, 0.2) is 47.5 Å². The number of halogens is 3. The predicted octanol–water partition coefficient (Wildman–Crippen LogP) is 3.02. The van der Waals surface area contributed by atoms with Crippen molar-refractivity contribution >= 4 is 21.6 Å². The molecule has 33 heavy (non-hydrogen) atoms. The van der Waals surface area contributed by atoms with Crippen molar-refractivity contribution in [2.24, 2.45) is 0 Å². The number of carbonyl (C=O) groups is 1. The normalized spacial score (nSPS) is 20.5. The molecular weight excluding hydrogens is 457 g/mol. The van der Waals surface area contributed by atoms with Crippen LogP contribution in [-0.2, 0) is 20.8 Å². The molecule has 4 rings (SSSR count). The van der Waals surface area contributed by atoms with Gasteiger partial charge in [-0.05, 0) is 37.1 Å². The van der Waals surface area contributed by atoms with E-state index in [1.807, 2.05) is 6.07 Å². The lowest BCUT2D eigenvalue weighted by molar-refractivity contribution is -0.139. The number of benzene rings is 1. The van der Waals surface area contributed by atoms with Gasteiger partial charge in [-0.15, -0.1) is 0 Å². The minimum Gasteiger partial charge on any atom is -0.347 e. The summed E-state index contributed by atoms with van der Waals surface area (Å²) < 4.78 is 64.9. The Hall–Kier alpha value is -3.13.